The smallest absolute Gasteiger partial charge is 0.338 e. The van der Waals surface area contributed by atoms with Crippen LogP contribution < -0.4 is 14.2 Å². The Hall–Kier alpha value is -3.13. The third-order valence-corrected chi connectivity index (χ3v) is 5.18. The van der Waals surface area contributed by atoms with E-state index in [1.807, 2.05) is 0 Å². The number of hydrogen-bond donors (Lipinski definition) is 3. The Morgan fingerprint density at radius 1 is 1.00 bits per heavy atom. The summed E-state index contributed by atoms with van der Waals surface area (Å²) < 4.78 is 20.6. The summed E-state index contributed by atoms with van der Waals surface area (Å²) in [6, 6.07) is 7.89. The second kappa shape index (κ2) is 8.08. The molecule has 1 aliphatic heterocycles. The number of benzene rings is 2. The minimum absolute atomic E-state index is 0.000503. The van der Waals surface area contributed by atoms with Crippen molar-refractivity contribution in [2.45, 2.75) is 18.4 Å². The highest BCUT2D eigenvalue weighted by atomic mass is 16.6. The zero-order valence-corrected chi connectivity index (χ0v) is 16.5. The molecule has 2 aromatic carbocycles. The van der Waals surface area contributed by atoms with E-state index in [-0.39, 0.29) is 41.8 Å². The summed E-state index contributed by atoms with van der Waals surface area (Å²) in [4.78, 5) is 12.4. The van der Waals surface area contributed by atoms with Crippen molar-refractivity contribution >= 4 is 5.97 Å². The van der Waals surface area contributed by atoms with Gasteiger partial charge in [0.05, 0.1) is 27.9 Å². The van der Waals surface area contributed by atoms with Crippen LogP contribution in [0, 0.1) is 5.92 Å². The molecule has 2 atom stereocenters. The van der Waals surface area contributed by atoms with E-state index in [4.69, 9.17) is 18.9 Å². The van der Waals surface area contributed by atoms with Crippen LogP contribution in [-0.4, -0.2) is 54.8 Å². The van der Waals surface area contributed by atoms with E-state index in [1.54, 1.807) is 24.3 Å². The molecule has 0 amide bonds. The molecular formula is C21H24O8. The summed E-state index contributed by atoms with van der Waals surface area (Å²) in [6.45, 7) is 0.0516. The molecule has 8 heteroatoms. The molecule has 29 heavy (non-hydrogen) atoms. The molecule has 0 saturated carbocycles. The predicted molar refractivity (Wildman–Crippen MR) is 103 cm³/mol. The van der Waals surface area contributed by atoms with Gasteiger partial charge in [0.15, 0.2) is 28.6 Å². The van der Waals surface area contributed by atoms with E-state index in [1.165, 1.54) is 27.4 Å². The number of ether oxygens (including phenoxy) is 4. The monoisotopic (exact) mass is 404 g/mol. The van der Waals surface area contributed by atoms with Gasteiger partial charge in [0.1, 0.15) is 0 Å². The molecule has 1 fully saturated rings. The highest BCUT2D eigenvalue weighted by Gasteiger charge is 2.51. The van der Waals surface area contributed by atoms with Gasteiger partial charge in [-0.2, -0.15) is 0 Å². The molecule has 0 spiro atoms. The molecule has 8 nitrogen and oxygen atoms in total. The second-order valence-electron chi connectivity index (χ2n) is 6.96. The first kappa shape index (κ1) is 20.6. The first-order chi connectivity index (χ1) is 13.8. The largest absolute Gasteiger partial charge is 0.504 e. The Labute approximate surface area is 168 Å². The molecule has 2 aromatic rings. The van der Waals surface area contributed by atoms with E-state index in [2.05, 4.69) is 0 Å². The molecule has 0 bridgehead atoms. The summed E-state index contributed by atoms with van der Waals surface area (Å²) in [5, 5.41) is 31.0. The maximum Gasteiger partial charge on any atom is 0.338 e. The van der Waals surface area contributed by atoms with Crippen molar-refractivity contribution in [3.8, 4) is 28.7 Å². The van der Waals surface area contributed by atoms with Gasteiger partial charge < -0.3 is 34.3 Å². The van der Waals surface area contributed by atoms with Gasteiger partial charge in [-0.25, -0.2) is 4.79 Å². The van der Waals surface area contributed by atoms with Gasteiger partial charge in [-0.05, 0) is 41.8 Å². The Morgan fingerprint density at radius 2 is 1.59 bits per heavy atom. The van der Waals surface area contributed by atoms with E-state index < -0.39 is 17.5 Å². The van der Waals surface area contributed by atoms with Crippen molar-refractivity contribution in [3.63, 3.8) is 0 Å². The van der Waals surface area contributed by atoms with Gasteiger partial charge in [-0.15, -0.1) is 0 Å². The highest BCUT2D eigenvalue weighted by Crippen LogP contribution is 2.40. The maximum atomic E-state index is 12.4. The number of methoxy groups -OCH3 is 3. The number of carbonyl (C=O) groups excluding carboxylic acids is 1. The van der Waals surface area contributed by atoms with Crippen molar-refractivity contribution in [1.29, 1.82) is 0 Å². The normalized spacial score (nSPS) is 21.0. The van der Waals surface area contributed by atoms with Crippen LogP contribution in [0.1, 0.15) is 11.1 Å². The van der Waals surface area contributed by atoms with Crippen molar-refractivity contribution in [3.05, 3.63) is 41.5 Å². The molecule has 1 heterocycles. The third kappa shape index (κ3) is 3.88. The van der Waals surface area contributed by atoms with E-state index in [0.717, 1.165) is 0 Å². The number of hydrogen-bond acceptors (Lipinski definition) is 8. The Bertz CT molecular complexity index is 885. The van der Waals surface area contributed by atoms with Crippen LogP contribution in [0.4, 0.5) is 0 Å². The van der Waals surface area contributed by atoms with Crippen molar-refractivity contribution in [1.82, 2.24) is 0 Å². The number of aromatic hydroxyl groups is 2. The van der Waals surface area contributed by atoms with Crippen LogP contribution in [0.15, 0.2) is 30.3 Å². The maximum absolute atomic E-state index is 12.4. The van der Waals surface area contributed by atoms with Crippen LogP contribution >= 0.6 is 0 Å². The minimum atomic E-state index is -1.75. The Morgan fingerprint density at radius 3 is 2.17 bits per heavy atom. The van der Waals surface area contributed by atoms with Gasteiger partial charge >= 0.3 is 5.97 Å². The number of aliphatic hydroxyl groups is 1. The zero-order chi connectivity index (χ0) is 21.2. The number of phenolic OH excluding ortho intramolecular Hbond substituents is 2. The number of esters is 1. The van der Waals surface area contributed by atoms with Crippen LogP contribution in [0.2, 0.25) is 0 Å². The lowest BCUT2D eigenvalue weighted by molar-refractivity contribution is -0.154. The molecule has 0 radical (unpaired) electrons. The second-order valence-corrected chi connectivity index (χ2v) is 6.96. The molecule has 1 aliphatic rings. The molecule has 0 aliphatic carbocycles. The molecule has 2 unspecified atom stereocenters. The standard InChI is InChI=1S/C21H24O8/c1-26-16-7-12(4-5-15(16)22)10-21(25)14(11-29-20(21)24)6-13-8-17(27-2)19(23)18(9-13)28-3/h4-5,7-9,14,22-23,25H,6,10-11H2,1-3H3. The molecule has 1 saturated heterocycles. The average Bonchev–Trinajstić information content (AvgIpc) is 2.98. The van der Waals surface area contributed by atoms with Gasteiger partial charge in [-0.1, -0.05) is 6.07 Å². The number of carbonyl (C=O) groups is 1. The van der Waals surface area contributed by atoms with Gasteiger partial charge in [-0.3, -0.25) is 0 Å². The molecule has 156 valence electrons. The van der Waals surface area contributed by atoms with Gasteiger partial charge in [0.25, 0.3) is 0 Å². The summed E-state index contributed by atoms with van der Waals surface area (Å²) >= 11 is 0. The summed E-state index contributed by atoms with van der Waals surface area (Å²) in [5.41, 5.74) is -0.422. The van der Waals surface area contributed by atoms with Crippen LogP contribution in [-0.2, 0) is 22.4 Å². The Kier molecular flexibility index (Phi) is 5.74. The lowest BCUT2D eigenvalue weighted by atomic mass is 9.80. The molecule has 0 aromatic heterocycles. The zero-order valence-electron chi connectivity index (χ0n) is 16.5. The summed E-state index contributed by atoms with van der Waals surface area (Å²) in [7, 11) is 4.27. The van der Waals surface area contributed by atoms with E-state index in [9.17, 15) is 20.1 Å². The SMILES string of the molecule is COc1cc(CC2(O)C(=O)OCC2Cc2cc(OC)c(O)c(OC)c2)ccc1O. The van der Waals surface area contributed by atoms with Crippen LogP contribution in [0.25, 0.3) is 0 Å². The van der Waals surface area contributed by atoms with Crippen molar-refractivity contribution in [2.75, 3.05) is 27.9 Å². The first-order valence-electron chi connectivity index (χ1n) is 9.01. The minimum Gasteiger partial charge on any atom is -0.504 e. The fourth-order valence-corrected chi connectivity index (χ4v) is 3.54. The van der Waals surface area contributed by atoms with E-state index >= 15 is 0 Å². The van der Waals surface area contributed by atoms with Crippen LogP contribution in [0.5, 0.6) is 28.7 Å². The number of cyclic esters (lactones) is 1. The topological polar surface area (TPSA) is 115 Å². The molecule has 3 rings (SSSR count). The first-order valence-corrected chi connectivity index (χ1v) is 9.01. The fourth-order valence-electron chi connectivity index (χ4n) is 3.54. The van der Waals surface area contributed by atoms with Crippen molar-refractivity contribution in [2.24, 2.45) is 5.92 Å². The quantitative estimate of drug-likeness (QED) is 0.599. The highest BCUT2D eigenvalue weighted by molar-refractivity contribution is 5.82. The Balaban J connectivity index is 1.89. The molecular weight excluding hydrogens is 380 g/mol. The predicted octanol–water partition coefficient (Wildman–Crippen LogP) is 1.81. The lowest BCUT2D eigenvalue weighted by Crippen LogP contribution is -2.44. The van der Waals surface area contributed by atoms with Gasteiger partial charge in [0, 0.05) is 12.3 Å². The van der Waals surface area contributed by atoms with Crippen LogP contribution in [0.3, 0.4) is 0 Å². The number of phenols is 2. The lowest BCUT2D eigenvalue weighted by Gasteiger charge is -2.26. The average molecular weight is 404 g/mol. The molecule has 3 N–H and O–H groups in total. The fraction of sp³-hybridized carbons (Fsp3) is 0.381. The van der Waals surface area contributed by atoms with Gasteiger partial charge in [0.2, 0.25) is 5.75 Å². The summed E-state index contributed by atoms with van der Waals surface area (Å²) in [5.74, 6) is -0.670. The number of rotatable bonds is 7. The third-order valence-electron chi connectivity index (χ3n) is 5.18. The summed E-state index contributed by atoms with van der Waals surface area (Å²) in [6.07, 6.45) is 0.296. The van der Waals surface area contributed by atoms with Crippen molar-refractivity contribution < 1.29 is 39.1 Å². The van der Waals surface area contributed by atoms with E-state index in [0.29, 0.717) is 17.5 Å².